The number of halogens is 4. The molecule has 44 heavy (non-hydrogen) atoms. The zero-order valence-corrected chi connectivity index (χ0v) is 23.9. The summed E-state index contributed by atoms with van der Waals surface area (Å²) in [6, 6.07) is 3.87. The third kappa shape index (κ3) is 8.67. The van der Waals surface area contributed by atoms with Crippen LogP contribution in [0.1, 0.15) is 43.5 Å². The Labute approximate surface area is 249 Å². The first kappa shape index (κ1) is 32.2. The minimum Gasteiger partial charge on any atom is -0.453 e. The van der Waals surface area contributed by atoms with Crippen molar-refractivity contribution < 1.29 is 36.7 Å². The highest BCUT2D eigenvalue weighted by molar-refractivity contribution is 5.96. The van der Waals surface area contributed by atoms with Gasteiger partial charge in [-0.2, -0.15) is 13.2 Å². The van der Waals surface area contributed by atoms with Crippen LogP contribution in [0.4, 0.5) is 28.0 Å². The number of imidazole rings is 1. The van der Waals surface area contributed by atoms with E-state index in [9.17, 15) is 36.7 Å². The maximum absolute atomic E-state index is 14.1. The molecule has 3 heterocycles. The number of nitrogens with zero attached hydrogens (tertiary/aromatic N) is 3. The van der Waals surface area contributed by atoms with Crippen LogP contribution >= 0.6 is 0 Å². The largest absolute Gasteiger partial charge is 0.453 e. The van der Waals surface area contributed by atoms with Crippen molar-refractivity contribution in [3.63, 3.8) is 0 Å². The molecule has 1 fully saturated rings. The molecule has 1 atom stereocenters. The monoisotopic (exact) mass is 620 g/mol. The van der Waals surface area contributed by atoms with Gasteiger partial charge in [-0.1, -0.05) is 6.08 Å². The fourth-order valence-corrected chi connectivity index (χ4v) is 4.84. The Kier molecular flexibility index (Phi) is 10.4. The quantitative estimate of drug-likeness (QED) is 0.219. The van der Waals surface area contributed by atoms with Crippen molar-refractivity contribution in [2.45, 2.75) is 57.3 Å². The second kappa shape index (κ2) is 14.2. The van der Waals surface area contributed by atoms with Gasteiger partial charge in [-0.3, -0.25) is 14.4 Å². The van der Waals surface area contributed by atoms with Crippen LogP contribution in [0.3, 0.4) is 0 Å². The lowest BCUT2D eigenvalue weighted by molar-refractivity contribution is -0.134. The highest BCUT2D eigenvalue weighted by atomic mass is 19.4. The van der Waals surface area contributed by atoms with Crippen molar-refractivity contribution in [3.05, 3.63) is 70.2 Å². The Balaban J connectivity index is 1.46. The molecule has 3 aromatic rings. The van der Waals surface area contributed by atoms with Gasteiger partial charge in [0.15, 0.2) is 0 Å². The number of carbonyl (C=O) groups is 3. The van der Waals surface area contributed by atoms with Crippen LogP contribution in [-0.4, -0.2) is 69.8 Å². The molecule has 3 N–H and O–H groups in total. The lowest BCUT2D eigenvalue weighted by atomic mass is 10.1. The van der Waals surface area contributed by atoms with Gasteiger partial charge in [0.25, 0.3) is 5.56 Å². The summed E-state index contributed by atoms with van der Waals surface area (Å²) in [5.41, 5.74) is -0.314. The number of benzene rings is 1. The van der Waals surface area contributed by atoms with Gasteiger partial charge in [0, 0.05) is 25.7 Å². The van der Waals surface area contributed by atoms with Gasteiger partial charge < -0.3 is 29.8 Å². The molecule has 0 radical (unpaired) electrons. The number of ether oxygens (including phenoxy) is 1. The number of hydrogen-bond acceptors (Lipinski definition) is 6. The number of aromatic amines is 1. The number of aromatic nitrogens is 3. The van der Waals surface area contributed by atoms with E-state index in [1.54, 1.807) is 11.0 Å². The van der Waals surface area contributed by atoms with Crippen molar-refractivity contribution >= 4 is 34.6 Å². The molecule has 0 saturated carbocycles. The predicted molar refractivity (Wildman–Crippen MR) is 152 cm³/mol. The number of aryl methyl sites for hydroxylation is 1. The topological polar surface area (TPSA) is 138 Å². The second-order valence-electron chi connectivity index (χ2n) is 10.3. The third-order valence-corrected chi connectivity index (χ3v) is 7.05. The Bertz CT molecular complexity index is 1590. The van der Waals surface area contributed by atoms with E-state index in [2.05, 4.69) is 25.3 Å². The molecule has 1 saturated heterocycles. The van der Waals surface area contributed by atoms with E-state index < -0.39 is 48.4 Å². The number of carbonyl (C=O) groups excluding carboxylic acids is 3. The number of anilines is 1. The van der Waals surface area contributed by atoms with Crippen LogP contribution in [0.5, 0.6) is 0 Å². The molecular weight excluding hydrogens is 588 g/mol. The number of methoxy groups -OCH3 is 1. The van der Waals surface area contributed by atoms with Crippen molar-refractivity contribution in [1.82, 2.24) is 24.8 Å². The van der Waals surface area contributed by atoms with Crippen molar-refractivity contribution in [3.8, 4) is 0 Å². The van der Waals surface area contributed by atoms with Gasteiger partial charge in [0.1, 0.15) is 23.4 Å². The van der Waals surface area contributed by atoms with E-state index >= 15 is 0 Å². The lowest BCUT2D eigenvalue weighted by Crippen LogP contribution is -2.44. The van der Waals surface area contributed by atoms with E-state index in [4.69, 9.17) is 0 Å². The van der Waals surface area contributed by atoms with Crippen molar-refractivity contribution in [1.29, 1.82) is 0 Å². The standard InChI is InChI=1S/C29H32F4N6O5/c1-44-28(43)36-20(7-2-3-9-24(40)38-12-4-5-13-38)26(41)35-21-8-6-14-39(27(21)42)17-23-34-22-16-19(30)15-18(25(22)37-23)10-11-29(31,32)33/h3,6,8-9,14-16,20H,2,4-5,7,10-13,17H2,1H3,(H,34,37)(H,35,41)(H,36,43). The predicted octanol–water partition coefficient (Wildman–Crippen LogP) is 4.03. The maximum atomic E-state index is 14.1. The Morgan fingerprint density at radius 1 is 1.20 bits per heavy atom. The van der Waals surface area contributed by atoms with E-state index in [1.807, 2.05) is 0 Å². The fourth-order valence-electron chi connectivity index (χ4n) is 4.84. The maximum Gasteiger partial charge on any atom is 0.407 e. The molecule has 2 aromatic heterocycles. The molecule has 1 aliphatic rings. The average molecular weight is 621 g/mol. The molecule has 0 spiro atoms. The number of rotatable bonds is 11. The number of alkyl carbamates (subject to hydrolysis) is 1. The number of pyridine rings is 1. The smallest absolute Gasteiger partial charge is 0.407 e. The van der Waals surface area contributed by atoms with Crippen LogP contribution in [0.15, 0.2) is 47.4 Å². The summed E-state index contributed by atoms with van der Waals surface area (Å²) < 4.78 is 58.2. The molecule has 15 heteroatoms. The number of likely N-dealkylation sites (tertiary alicyclic amines) is 1. The summed E-state index contributed by atoms with van der Waals surface area (Å²) in [4.78, 5) is 59.2. The first-order valence-electron chi connectivity index (χ1n) is 14.0. The van der Waals surface area contributed by atoms with Crippen LogP contribution in [0.25, 0.3) is 11.0 Å². The van der Waals surface area contributed by atoms with E-state index in [0.29, 0.717) is 13.1 Å². The number of amides is 3. The summed E-state index contributed by atoms with van der Waals surface area (Å²) >= 11 is 0. The summed E-state index contributed by atoms with van der Waals surface area (Å²) in [7, 11) is 1.14. The molecule has 1 aliphatic heterocycles. The number of alkyl halides is 3. The highest BCUT2D eigenvalue weighted by Crippen LogP contribution is 2.26. The summed E-state index contributed by atoms with van der Waals surface area (Å²) in [5.74, 6) is -1.36. The van der Waals surface area contributed by atoms with Crippen molar-refractivity contribution in [2.24, 2.45) is 0 Å². The number of hydrogen-bond donors (Lipinski definition) is 3. The molecule has 0 bridgehead atoms. The van der Waals surface area contributed by atoms with Gasteiger partial charge in [-0.05, 0) is 68.0 Å². The molecule has 11 nitrogen and oxygen atoms in total. The number of nitrogens with one attached hydrogen (secondary N) is 3. The average Bonchev–Trinajstić information content (AvgIpc) is 3.65. The zero-order valence-electron chi connectivity index (χ0n) is 23.9. The second-order valence-corrected chi connectivity index (χ2v) is 10.3. The van der Waals surface area contributed by atoms with Gasteiger partial charge in [0.05, 0.1) is 24.7 Å². The summed E-state index contributed by atoms with van der Waals surface area (Å²) in [6.45, 7) is 1.24. The highest BCUT2D eigenvalue weighted by Gasteiger charge is 2.27. The lowest BCUT2D eigenvalue weighted by Gasteiger charge is -2.17. The number of fused-ring (bicyclic) bond motifs is 1. The minimum absolute atomic E-state index is 0.0765. The zero-order chi connectivity index (χ0) is 31.9. The molecular formula is C29H32F4N6O5. The Hall–Kier alpha value is -4.69. The van der Waals surface area contributed by atoms with E-state index in [1.165, 1.54) is 29.0 Å². The Morgan fingerprint density at radius 2 is 1.95 bits per heavy atom. The van der Waals surface area contributed by atoms with E-state index in [-0.39, 0.29) is 53.4 Å². The van der Waals surface area contributed by atoms with E-state index in [0.717, 1.165) is 32.1 Å². The normalized spacial score (nSPS) is 14.2. The molecule has 0 aliphatic carbocycles. The molecule has 4 rings (SSSR count). The SMILES string of the molecule is COC(=O)NC(CCC=CC(=O)N1CCCC1)C(=O)Nc1cccn(Cc2nc3c(CCC(F)(F)F)cc(F)cc3[nH]2)c1=O. The minimum atomic E-state index is -4.43. The van der Waals surface area contributed by atoms with Crippen LogP contribution in [-0.2, 0) is 27.3 Å². The molecule has 3 amide bonds. The first-order chi connectivity index (χ1) is 20.9. The molecule has 236 valence electrons. The van der Waals surface area contributed by atoms with Gasteiger partial charge >= 0.3 is 12.3 Å². The third-order valence-electron chi connectivity index (χ3n) is 7.05. The van der Waals surface area contributed by atoms with Gasteiger partial charge in [-0.15, -0.1) is 0 Å². The summed E-state index contributed by atoms with van der Waals surface area (Å²) in [5, 5.41) is 4.93. The van der Waals surface area contributed by atoms with Crippen LogP contribution in [0.2, 0.25) is 0 Å². The molecule has 1 unspecified atom stereocenters. The van der Waals surface area contributed by atoms with Crippen molar-refractivity contribution in [2.75, 3.05) is 25.5 Å². The Morgan fingerprint density at radius 3 is 2.66 bits per heavy atom. The summed E-state index contributed by atoms with van der Waals surface area (Å²) in [6.07, 6.45) is -0.133. The van der Waals surface area contributed by atoms with Crippen LogP contribution < -0.4 is 16.2 Å². The van der Waals surface area contributed by atoms with Gasteiger partial charge in [0.2, 0.25) is 11.8 Å². The van der Waals surface area contributed by atoms with Gasteiger partial charge in [-0.25, -0.2) is 14.2 Å². The fraction of sp³-hybridized carbons (Fsp3) is 0.414. The number of H-pyrrole nitrogens is 1. The number of allylic oxidation sites excluding steroid dienone is 1. The first-order valence-corrected chi connectivity index (χ1v) is 14.0. The molecule has 1 aromatic carbocycles. The van der Waals surface area contributed by atoms with Crippen LogP contribution in [0, 0.1) is 5.82 Å².